The first kappa shape index (κ1) is 22.1. The molecule has 1 saturated carbocycles. The molecule has 1 aliphatic carbocycles. The second-order valence-corrected chi connectivity index (χ2v) is 8.67. The highest BCUT2D eigenvalue weighted by molar-refractivity contribution is 9.11. The Hall–Kier alpha value is -2.58. The van der Waals surface area contributed by atoms with E-state index in [4.69, 9.17) is 0 Å². The highest BCUT2D eigenvalue weighted by Crippen LogP contribution is 2.39. The zero-order chi connectivity index (χ0) is 22.0. The van der Waals surface area contributed by atoms with Gasteiger partial charge in [0.15, 0.2) is 5.69 Å². The van der Waals surface area contributed by atoms with Crippen molar-refractivity contribution in [1.29, 1.82) is 5.26 Å². The standard InChI is InChI=1S/C19H17Br2N5O4/c1-10-13(9-22)18(27)25(11-5-3-2-4-6-11)19(28)16(10)23-24-17-14(20)7-12(26(29)30)8-15(17)21/h7-8,11,27H,2-6H2,1H3. The van der Waals surface area contributed by atoms with Crippen molar-refractivity contribution < 1.29 is 10.0 Å². The monoisotopic (exact) mass is 537 g/mol. The van der Waals surface area contributed by atoms with Gasteiger partial charge in [-0.3, -0.25) is 19.5 Å². The van der Waals surface area contributed by atoms with Crippen LogP contribution in [0, 0.1) is 28.4 Å². The lowest BCUT2D eigenvalue weighted by Crippen LogP contribution is -2.27. The van der Waals surface area contributed by atoms with Crippen LogP contribution in [-0.2, 0) is 0 Å². The molecular weight excluding hydrogens is 522 g/mol. The number of azo groups is 1. The fraction of sp³-hybridized carbons (Fsp3) is 0.368. The molecular formula is C19H17Br2N5O4. The van der Waals surface area contributed by atoms with E-state index < -0.39 is 10.5 Å². The van der Waals surface area contributed by atoms with Crippen LogP contribution in [0.5, 0.6) is 5.88 Å². The number of hydrogen-bond acceptors (Lipinski definition) is 7. The second kappa shape index (κ2) is 9.06. The average Bonchev–Trinajstić information content (AvgIpc) is 2.70. The number of nitriles is 1. The molecule has 1 N–H and O–H groups in total. The van der Waals surface area contributed by atoms with Crippen LogP contribution in [0.25, 0.3) is 0 Å². The minimum absolute atomic E-state index is 0.0176. The van der Waals surface area contributed by atoms with Crippen molar-refractivity contribution in [1.82, 2.24) is 4.57 Å². The molecule has 2 aromatic rings. The number of aromatic nitrogens is 1. The maximum Gasteiger partial charge on any atom is 0.281 e. The molecule has 0 amide bonds. The SMILES string of the molecule is Cc1c(C#N)c(O)n(C2CCCCC2)c(=O)c1N=Nc1c(Br)cc([N+](=O)[O-])cc1Br. The molecule has 0 bridgehead atoms. The molecule has 11 heteroatoms. The van der Waals surface area contributed by atoms with Gasteiger partial charge in [-0.15, -0.1) is 10.2 Å². The topological polar surface area (TPSA) is 134 Å². The summed E-state index contributed by atoms with van der Waals surface area (Å²) < 4.78 is 1.88. The van der Waals surface area contributed by atoms with Crippen molar-refractivity contribution in [3.05, 3.63) is 52.7 Å². The van der Waals surface area contributed by atoms with Gasteiger partial charge >= 0.3 is 0 Å². The predicted octanol–water partition coefficient (Wildman–Crippen LogP) is 6.09. The quantitative estimate of drug-likeness (QED) is 0.285. The van der Waals surface area contributed by atoms with Crippen LogP contribution in [0.1, 0.15) is 49.3 Å². The number of nitro benzene ring substituents is 1. The van der Waals surface area contributed by atoms with Crippen molar-refractivity contribution in [3.8, 4) is 11.9 Å². The Morgan fingerprint density at radius 2 is 1.77 bits per heavy atom. The Labute approximate surface area is 188 Å². The van der Waals surface area contributed by atoms with Crippen LogP contribution in [-0.4, -0.2) is 14.6 Å². The molecule has 0 unspecified atom stereocenters. The molecule has 9 nitrogen and oxygen atoms in total. The third-order valence-electron chi connectivity index (χ3n) is 5.12. The van der Waals surface area contributed by atoms with Crippen LogP contribution < -0.4 is 5.56 Å². The minimum Gasteiger partial charge on any atom is -0.493 e. The molecule has 156 valence electrons. The summed E-state index contributed by atoms with van der Waals surface area (Å²) in [5.41, 5.74) is -0.239. The summed E-state index contributed by atoms with van der Waals surface area (Å²) in [7, 11) is 0. The number of pyridine rings is 1. The summed E-state index contributed by atoms with van der Waals surface area (Å²) in [4.78, 5) is 23.6. The van der Waals surface area contributed by atoms with Crippen molar-refractivity contribution in [2.24, 2.45) is 10.2 Å². The summed E-state index contributed by atoms with van der Waals surface area (Å²) in [6.07, 6.45) is 4.41. The number of nitrogens with zero attached hydrogens (tertiary/aromatic N) is 5. The molecule has 0 saturated heterocycles. The Bertz CT molecular complexity index is 1120. The van der Waals surface area contributed by atoms with E-state index in [9.17, 15) is 25.3 Å². The van der Waals surface area contributed by atoms with Gasteiger partial charge in [-0.05, 0) is 51.6 Å². The predicted molar refractivity (Wildman–Crippen MR) is 117 cm³/mol. The number of rotatable bonds is 4. The number of benzene rings is 1. The van der Waals surface area contributed by atoms with E-state index in [1.165, 1.54) is 23.6 Å². The molecule has 0 spiro atoms. The van der Waals surface area contributed by atoms with Crippen LogP contribution in [0.3, 0.4) is 0 Å². The van der Waals surface area contributed by atoms with Gasteiger partial charge in [0.2, 0.25) is 5.88 Å². The molecule has 0 aliphatic heterocycles. The molecule has 0 atom stereocenters. The zero-order valence-electron chi connectivity index (χ0n) is 15.9. The Kier molecular flexibility index (Phi) is 6.67. The largest absolute Gasteiger partial charge is 0.493 e. The number of halogens is 2. The van der Waals surface area contributed by atoms with Crippen LogP contribution in [0.2, 0.25) is 0 Å². The molecule has 1 aromatic heterocycles. The lowest BCUT2D eigenvalue weighted by Gasteiger charge is -2.25. The van der Waals surface area contributed by atoms with Crippen LogP contribution in [0.15, 0.2) is 36.1 Å². The first-order chi connectivity index (χ1) is 14.3. The highest BCUT2D eigenvalue weighted by atomic mass is 79.9. The van der Waals surface area contributed by atoms with E-state index in [-0.39, 0.29) is 40.1 Å². The normalized spacial score (nSPS) is 14.7. The molecule has 30 heavy (non-hydrogen) atoms. The van der Waals surface area contributed by atoms with Gasteiger partial charge in [-0.25, -0.2) is 0 Å². The smallest absolute Gasteiger partial charge is 0.281 e. The van der Waals surface area contributed by atoms with Gasteiger partial charge in [-0.1, -0.05) is 19.3 Å². The van der Waals surface area contributed by atoms with E-state index in [0.717, 1.165) is 32.1 Å². The summed E-state index contributed by atoms with van der Waals surface area (Å²) in [5, 5.41) is 39.2. The summed E-state index contributed by atoms with van der Waals surface area (Å²) in [6.45, 7) is 1.53. The van der Waals surface area contributed by atoms with Crippen molar-refractivity contribution in [2.45, 2.75) is 45.1 Å². The summed E-state index contributed by atoms with van der Waals surface area (Å²) >= 11 is 6.46. The van der Waals surface area contributed by atoms with E-state index in [2.05, 4.69) is 42.1 Å². The molecule has 1 aliphatic rings. The first-order valence-corrected chi connectivity index (χ1v) is 10.8. The number of non-ortho nitro benzene ring substituents is 1. The van der Waals surface area contributed by atoms with E-state index >= 15 is 0 Å². The maximum atomic E-state index is 13.1. The molecule has 0 radical (unpaired) electrons. The van der Waals surface area contributed by atoms with Crippen molar-refractivity contribution >= 4 is 48.9 Å². The molecule has 1 fully saturated rings. The first-order valence-electron chi connectivity index (χ1n) is 9.19. The summed E-state index contributed by atoms with van der Waals surface area (Å²) in [5.74, 6) is -0.344. The van der Waals surface area contributed by atoms with Crippen molar-refractivity contribution in [2.75, 3.05) is 0 Å². The molecule has 1 aromatic carbocycles. The van der Waals surface area contributed by atoms with E-state index in [1.807, 2.05) is 6.07 Å². The van der Waals surface area contributed by atoms with Crippen molar-refractivity contribution in [3.63, 3.8) is 0 Å². The zero-order valence-corrected chi connectivity index (χ0v) is 19.1. The van der Waals surface area contributed by atoms with Gasteiger partial charge in [0.05, 0.1) is 13.9 Å². The summed E-state index contributed by atoms with van der Waals surface area (Å²) in [6, 6.07) is 4.31. The van der Waals surface area contributed by atoms with Crippen LogP contribution >= 0.6 is 31.9 Å². The van der Waals surface area contributed by atoms with E-state index in [1.54, 1.807) is 0 Å². The third kappa shape index (κ3) is 4.15. The van der Waals surface area contributed by atoms with E-state index in [0.29, 0.717) is 8.95 Å². The van der Waals surface area contributed by atoms with Gasteiger partial charge in [0, 0.05) is 23.7 Å². The number of aromatic hydroxyl groups is 1. The number of hydrogen-bond donors (Lipinski definition) is 1. The fourth-order valence-corrected chi connectivity index (χ4v) is 4.88. The number of nitro groups is 1. The van der Waals surface area contributed by atoms with Gasteiger partial charge in [0.25, 0.3) is 11.2 Å². The average molecular weight is 539 g/mol. The maximum absolute atomic E-state index is 13.1. The third-order valence-corrected chi connectivity index (χ3v) is 6.33. The molecule has 1 heterocycles. The highest BCUT2D eigenvalue weighted by Gasteiger charge is 2.25. The van der Waals surface area contributed by atoms with Gasteiger partial charge in [-0.2, -0.15) is 5.26 Å². The van der Waals surface area contributed by atoms with Crippen LogP contribution in [0.4, 0.5) is 17.1 Å². The Morgan fingerprint density at radius 1 is 1.20 bits per heavy atom. The Morgan fingerprint density at radius 3 is 2.30 bits per heavy atom. The van der Waals surface area contributed by atoms with Gasteiger partial charge < -0.3 is 5.11 Å². The fourth-order valence-electron chi connectivity index (χ4n) is 3.56. The lowest BCUT2D eigenvalue weighted by atomic mass is 9.94. The lowest BCUT2D eigenvalue weighted by molar-refractivity contribution is -0.385. The minimum atomic E-state index is -0.539. The Balaban J connectivity index is 2.14. The van der Waals surface area contributed by atoms with Gasteiger partial charge in [0.1, 0.15) is 17.3 Å². The second-order valence-electron chi connectivity index (χ2n) is 6.97. The molecule has 3 rings (SSSR count).